The molecule has 1 heterocycles. The summed E-state index contributed by atoms with van der Waals surface area (Å²) >= 11 is 5.71. The number of carbonyl (C=O) groups is 1. The van der Waals surface area contributed by atoms with Crippen LogP contribution < -0.4 is 11.1 Å². The second-order valence-corrected chi connectivity index (χ2v) is 3.81. The summed E-state index contributed by atoms with van der Waals surface area (Å²) in [5.41, 5.74) is 7.45. The van der Waals surface area contributed by atoms with Crippen LogP contribution in [0.5, 0.6) is 0 Å². The Hall–Kier alpha value is -1.78. The molecule has 3 N–H and O–H groups in total. The van der Waals surface area contributed by atoms with Gasteiger partial charge in [0, 0.05) is 12.2 Å². The number of hydrogen-bond donors (Lipinski definition) is 2. The van der Waals surface area contributed by atoms with Gasteiger partial charge in [0.15, 0.2) is 0 Å². The summed E-state index contributed by atoms with van der Waals surface area (Å²) in [4.78, 5) is 11.8. The van der Waals surface area contributed by atoms with Crippen LogP contribution in [0.3, 0.4) is 0 Å². The van der Waals surface area contributed by atoms with Crippen LogP contribution in [0.25, 0.3) is 0 Å². The molecule has 1 amide bonds. The van der Waals surface area contributed by atoms with E-state index in [1.54, 1.807) is 6.07 Å². The second-order valence-electron chi connectivity index (χ2n) is 3.47. The summed E-state index contributed by atoms with van der Waals surface area (Å²) in [6.07, 6.45) is 1.37. The molecule has 0 radical (unpaired) electrons. The van der Waals surface area contributed by atoms with Crippen molar-refractivity contribution in [3.8, 4) is 0 Å². The lowest BCUT2D eigenvalue weighted by atomic mass is 10.2. The quantitative estimate of drug-likeness (QED) is 0.880. The van der Waals surface area contributed by atoms with Crippen LogP contribution in [0, 0.1) is 0 Å². The third-order valence-corrected chi connectivity index (χ3v) is 2.58. The molecule has 0 atom stereocenters. The standard InChI is InChI=1S/C12H11ClN2O2/c13-11-10(4-5-17-11)12(16)15-9-3-1-2-8(6-9)7-14/h1-6H,7,14H2,(H,15,16). The SMILES string of the molecule is NCc1cccc(NC(=O)c2ccoc2Cl)c1. The Bertz CT molecular complexity index is 537. The summed E-state index contributed by atoms with van der Waals surface area (Å²) in [6.45, 7) is 0.427. The van der Waals surface area contributed by atoms with Gasteiger partial charge in [0.25, 0.3) is 5.91 Å². The van der Waals surface area contributed by atoms with E-state index in [1.807, 2.05) is 18.2 Å². The third-order valence-electron chi connectivity index (χ3n) is 2.28. The van der Waals surface area contributed by atoms with Gasteiger partial charge < -0.3 is 15.5 Å². The van der Waals surface area contributed by atoms with Crippen LogP contribution in [-0.4, -0.2) is 5.91 Å². The van der Waals surface area contributed by atoms with Gasteiger partial charge >= 0.3 is 0 Å². The zero-order chi connectivity index (χ0) is 12.3. The molecule has 0 aliphatic carbocycles. The summed E-state index contributed by atoms with van der Waals surface area (Å²) in [6, 6.07) is 8.83. The molecular weight excluding hydrogens is 240 g/mol. The Morgan fingerprint density at radius 3 is 2.88 bits per heavy atom. The van der Waals surface area contributed by atoms with Crippen molar-refractivity contribution in [3.63, 3.8) is 0 Å². The second kappa shape index (κ2) is 5.03. The summed E-state index contributed by atoms with van der Waals surface area (Å²) in [7, 11) is 0. The minimum Gasteiger partial charge on any atom is -0.452 e. The lowest BCUT2D eigenvalue weighted by Gasteiger charge is -2.05. The third kappa shape index (κ3) is 2.67. The van der Waals surface area contributed by atoms with Gasteiger partial charge in [-0.05, 0) is 35.4 Å². The van der Waals surface area contributed by atoms with E-state index < -0.39 is 0 Å². The maximum Gasteiger partial charge on any atom is 0.260 e. The van der Waals surface area contributed by atoms with Crippen LogP contribution in [0.2, 0.25) is 5.22 Å². The number of nitrogens with two attached hydrogens (primary N) is 1. The first kappa shape index (κ1) is 11.7. The van der Waals surface area contributed by atoms with Gasteiger partial charge in [0.05, 0.1) is 11.8 Å². The minimum absolute atomic E-state index is 0.0810. The first-order valence-electron chi connectivity index (χ1n) is 5.04. The molecule has 1 aromatic carbocycles. The van der Waals surface area contributed by atoms with Crippen molar-refractivity contribution in [2.45, 2.75) is 6.54 Å². The number of nitrogens with one attached hydrogen (secondary N) is 1. The van der Waals surface area contributed by atoms with E-state index >= 15 is 0 Å². The van der Waals surface area contributed by atoms with Crippen molar-refractivity contribution in [2.24, 2.45) is 5.73 Å². The Labute approximate surface area is 103 Å². The first-order chi connectivity index (χ1) is 8.20. The molecule has 4 nitrogen and oxygen atoms in total. The molecule has 17 heavy (non-hydrogen) atoms. The number of furan rings is 1. The van der Waals surface area contributed by atoms with Crippen molar-refractivity contribution in [1.29, 1.82) is 0 Å². The Morgan fingerprint density at radius 1 is 1.41 bits per heavy atom. The summed E-state index contributed by atoms with van der Waals surface area (Å²) < 4.78 is 4.85. The van der Waals surface area contributed by atoms with Gasteiger partial charge in [0.1, 0.15) is 0 Å². The number of halogens is 1. The molecule has 0 spiro atoms. The lowest BCUT2D eigenvalue weighted by molar-refractivity contribution is 0.102. The van der Waals surface area contributed by atoms with E-state index in [4.69, 9.17) is 21.8 Å². The molecule has 2 rings (SSSR count). The van der Waals surface area contributed by atoms with E-state index in [-0.39, 0.29) is 11.1 Å². The number of anilines is 1. The van der Waals surface area contributed by atoms with Crippen molar-refractivity contribution in [3.05, 3.63) is 52.9 Å². The highest BCUT2D eigenvalue weighted by Crippen LogP contribution is 2.18. The van der Waals surface area contributed by atoms with Crippen LogP contribution in [0.15, 0.2) is 41.0 Å². The van der Waals surface area contributed by atoms with Crippen LogP contribution >= 0.6 is 11.6 Å². The number of benzene rings is 1. The highest BCUT2D eigenvalue weighted by Gasteiger charge is 2.12. The monoisotopic (exact) mass is 250 g/mol. The Balaban J connectivity index is 2.16. The molecule has 0 bridgehead atoms. The number of rotatable bonds is 3. The predicted molar refractivity (Wildman–Crippen MR) is 66.0 cm³/mol. The highest BCUT2D eigenvalue weighted by molar-refractivity contribution is 6.32. The fourth-order valence-electron chi connectivity index (χ4n) is 1.43. The van der Waals surface area contributed by atoms with E-state index in [0.29, 0.717) is 17.8 Å². The molecular formula is C12H11ClN2O2. The van der Waals surface area contributed by atoms with Gasteiger partial charge in [-0.25, -0.2) is 0 Å². The van der Waals surface area contributed by atoms with Crippen molar-refractivity contribution in [2.75, 3.05) is 5.32 Å². The molecule has 0 saturated carbocycles. The average Bonchev–Trinajstić information content (AvgIpc) is 2.76. The average molecular weight is 251 g/mol. The molecule has 5 heteroatoms. The first-order valence-corrected chi connectivity index (χ1v) is 5.42. The van der Waals surface area contributed by atoms with Gasteiger partial charge in [-0.1, -0.05) is 12.1 Å². The maximum atomic E-state index is 11.8. The zero-order valence-electron chi connectivity index (χ0n) is 8.94. The Kier molecular flexibility index (Phi) is 3.46. The molecule has 2 aromatic rings. The molecule has 1 aromatic heterocycles. The minimum atomic E-state index is -0.307. The van der Waals surface area contributed by atoms with Gasteiger partial charge in [0.2, 0.25) is 5.22 Å². The predicted octanol–water partition coefficient (Wildman–Crippen LogP) is 2.64. The highest BCUT2D eigenvalue weighted by atomic mass is 35.5. The molecule has 88 valence electrons. The van der Waals surface area contributed by atoms with Gasteiger partial charge in [-0.15, -0.1) is 0 Å². The van der Waals surface area contributed by atoms with Crippen molar-refractivity contribution >= 4 is 23.2 Å². The van der Waals surface area contributed by atoms with Gasteiger partial charge in [-0.3, -0.25) is 4.79 Å². The molecule has 0 saturated heterocycles. The van der Waals surface area contributed by atoms with E-state index in [2.05, 4.69) is 5.32 Å². The fourth-order valence-corrected chi connectivity index (χ4v) is 1.63. The topological polar surface area (TPSA) is 68.3 Å². The number of amides is 1. The van der Waals surface area contributed by atoms with E-state index in [9.17, 15) is 4.79 Å². The fraction of sp³-hybridized carbons (Fsp3) is 0.0833. The van der Waals surface area contributed by atoms with E-state index in [1.165, 1.54) is 12.3 Å². The molecule has 0 unspecified atom stereocenters. The molecule has 0 fully saturated rings. The summed E-state index contributed by atoms with van der Waals surface area (Å²) in [5.74, 6) is -0.307. The smallest absolute Gasteiger partial charge is 0.260 e. The molecule has 0 aliphatic heterocycles. The number of hydrogen-bond acceptors (Lipinski definition) is 3. The van der Waals surface area contributed by atoms with E-state index in [0.717, 1.165) is 5.56 Å². The number of carbonyl (C=O) groups excluding carboxylic acids is 1. The zero-order valence-corrected chi connectivity index (χ0v) is 9.70. The van der Waals surface area contributed by atoms with Crippen molar-refractivity contribution < 1.29 is 9.21 Å². The van der Waals surface area contributed by atoms with Crippen molar-refractivity contribution in [1.82, 2.24) is 0 Å². The van der Waals surface area contributed by atoms with Crippen LogP contribution in [0.1, 0.15) is 15.9 Å². The molecule has 0 aliphatic rings. The van der Waals surface area contributed by atoms with Crippen LogP contribution in [-0.2, 0) is 6.54 Å². The Morgan fingerprint density at radius 2 is 2.24 bits per heavy atom. The maximum absolute atomic E-state index is 11.8. The summed E-state index contributed by atoms with van der Waals surface area (Å²) in [5, 5.41) is 2.80. The van der Waals surface area contributed by atoms with Crippen LogP contribution in [0.4, 0.5) is 5.69 Å². The normalized spacial score (nSPS) is 10.2. The van der Waals surface area contributed by atoms with Gasteiger partial charge in [-0.2, -0.15) is 0 Å². The lowest BCUT2D eigenvalue weighted by Crippen LogP contribution is -2.11. The largest absolute Gasteiger partial charge is 0.452 e.